The molecule has 0 heterocycles. The molecule has 6 atom stereocenters. The van der Waals surface area contributed by atoms with Crippen molar-refractivity contribution in [1.29, 1.82) is 0 Å². The molecule has 1 aromatic carbocycles. The maximum absolute atomic E-state index is 13.7. The minimum Gasteiger partial charge on any atom is -0.507 e. The number of Topliss-reactive ketones (excluding diaryl/α,β-unsaturated/α-hetero) is 2. The molecule has 0 saturated heterocycles. The Morgan fingerprint density at radius 3 is 2.40 bits per heavy atom. The molecule has 7 N–H and O–H groups in total. The molecule has 0 aliphatic heterocycles. The van der Waals surface area contributed by atoms with Gasteiger partial charge in [-0.1, -0.05) is 0 Å². The summed E-state index contributed by atoms with van der Waals surface area (Å²) in [6.07, 6.45) is -0.726. The molecule has 0 aromatic heterocycles. The molecule has 35 heavy (non-hydrogen) atoms. The van der Waals surface area contributed by atoms with Crippen LogP contribution >= 0.6 is 0 Å². The number of benzene rings is 1. The summed E-state index contributed by atoms with van der Waals surface area (Å²) in [7, 11) is -0.616. The number of nitrogens with zero attached hydrogens (tertiary/aromatic N) is 1. The first kappa shape index (κ1) is 25.1. The Labute approximate surface area is 201 Å². The van der Waals surface area contributed by atoms with Crippen LogP contribution in [0.2, 0.25) is 0 Å². The van der Waals surface area contributed by atoms with Gasteiger partial charge >= 0.3 is 0 Å². The van der Waals surface area contributed by atoms with Crippen molar-refractivity contribution >= 4 is 38.9 Å². The van der Waals surface area contributed by atoms with Crippen LogP contribution in [0.3, 0.4) is 0 Å². The van der Waals surface area contributed by atoms with Crippen LogP contribution in [0.25, 0.3) is 5.76 Å². The second-order valence-corrected chi connectivity index (χ2v) is 11.4. The summed E-state index contributed by atoms with van der Waals surface area (Å²) in [5.74, 6) is -8.50. The number of fused-ring (bicyclic) bond motifs is 3. The molecule has 13 heteroatoms. The zero-order valence-corrected chi connectivity index (χ0v) is 20.0. The number of phenols is 1. The van der Waals surface area contributed by atoms with Crippen molar-refractivity contribution in [3.63, 3.8) is 0 Å². The van der Waals surface area contributed by atoms with Crippen molar-refractivity contribution < 1.29 is 43.2 Å². The van der Waals surface area contributed by atoms with E-state index >= 15 is 0 Å². The molecule has 0 bridgehead atoms. The van der Waals surface area contributed by atoms with Crippen molar-refractivity contribution in [1.82, 2.24) is 4.90 Å². The maximum atomic E-state index is 13.7. The van der Waals surface area contributed by atoms with E-state index < -0.39 is 74.5 Å². The molecule has 1 aromatic rings. The summed E-state index contributed by atoms with van der Waals surface area (Å²) in [5, 5.41) is 43.9. The molecule has 2 fully saturated rings. The monoisotopic (exact) mass is 509 g/mol. The number of aromatic hydroxyl groups is 1. The molecule has 1 amide bonds. The molecule has 4 rings (SSSR count). The summed E-state index contributed by atoms with van der Waals surface area (Å²) in [5.41, 5.74) is 2.41. The molecule has 3 aliphatic carbocycles. The number of rotatable bonds is 4. The number of hydrogen-bond donors (Lipinski definition) is 6. The van der Waals surface area contributed by atoms with E-state index in [9.17, 15) is 43.2 Å². The van der Waals surface area contributed by atoms with Crippen molar-refractivity contribution in [3.05, 3.63) is 28.8 Å². The van der Waals surface area contributed by atoms with Crippen molar-refractivity contribution in [2.45, 2.75) is 30.6 Å². The number of ketones is 2. The number of amides is 1. The molecule has 0 spiro atoms. The van der Waals surface area contributed by atoms with E-state index in [1.165, 1.54) is 11.0 Å². The average Bonchev–Trinajstić information content (AvgIpc) is 2.71. The van der Waals surface area contributed by atoms with Gasteiger partial charge in [0.25, 0.3) is 0 Å². The van der Waals surface area contributed by atoms with Gasteiger partial charge in [0.15, 0.2) is 11.4 Å². The highest BCUT2D eigenvalue weighted by molar-refractivity contribution is 7.92. The number of carbonyl (C=O) groups excluding carboxylic acids is 3. The Hall–Kier alpha value is -3.00. The number of hydrogen-bond acceptors (Lipinski definition) is 10. The number of likely N-dealkylation sites (N-methyl/N-ethyl adjacent to an activating group) is 1. The van der Waals surface area contributed by atoms with E-state index in [2.05, 4.69) is 4.72 Å². The standard InChI is InChI=1S/C22H27N3O9S/c1-25(2)16-10-7-8-6-9-11(24-35(3,33)34)4-5-12(26)14(9)17(27)13(8)19(29)22(10,32)20(30)15(18(16)28)21(23)31/h4-5,8,10,15-16,18,24,26-28,32H,6-7H2,1-3H3,(H2,23,31)/t8-,10-,15?,16-,18?,22-/m1/s1. The zero-order valence-electron chi connectivity index (χ0n) is 19.2. The van der Waals surface area contributed by atoms with Gasteiger partial charge in [0.05, 0.1) is 23.6 Å². The maximum Gasteiger partial charge on any atom is 0.230 e. The van der Waals surface area contributed by atoms with Crippen LogP contribution in [0.15, 0.2) is 17.7 Å². The van der Waals surface area contributed by atoms with Crippen LogP contribution in [0.1, 0.15) is 17.5 Å². The van der Waals surface area contributed by atoms with Crippen LogP contribution in [-0.4, -0.2) is 89.3 Å². The minimum absolute atomic E-state index is 0.0109. The average molecular weight is 510 g/mol. The number of phenolic OH excluding ortho intramolecular Hbond substituents is 1. The molecular formula is C22H27N3O9S. The van der Waals surface area contributed by atoms with Crippen molar-refractivity contribution in [3.8, 4) is 5.75 Å². The van der Waals surface area contributed by atoms with Gasteiger partial charge in [-0.2, -0.15) is 0 Å². The second kappa shape index (κ2) is 8.01. The first-order valence-corrected chi connectivity index (χ1v) is 12.7. The fraction of sp³-hybridized carbons (Fsp3) is 0.500. The Kier molecular flexibility index (Phi) is 5.75. The lowest BCUT2D eigenvalue weighted by atomic mass is 9.54. The van der Waals surface area contributed by atoms with E-state index in [0.29, 0.717) is 0 Å². The molecule has 12 nitrogen and oxygen atoms in total. The van der Waals surface area contributed by atoms with Crippen LogP contribution < -0.4 is 10.5 Å². The quantitative estimate of drug-likeness (QED) is 0.204. The van der Waals surface area contributed by atoms with Crippen LogP contribution in [-0.2, 0) is 30.8 Å². The first-order valence-electron chi connectivity index (χ1n) is 10.8. The summed E-state index contributed by atoms with van der Waals surface area (Å²) in [4.78, 5) is 40.4. The highest BCUT2D eigenvalue weighted by atomic mass is 32.2. The lowest BCUT2D eigenvalue weighted by molar-refractivity contribution is -0.184. The number of carbonyl (C=O) groups is 3. The fourth-order valence-electron chi connectivity index (χ4n) is 5.90. The second-order valence-electron chi connectivity index (χ2n) is 9.65. The van der Waals surface area contributed by atoms with Crippen molar-refractivity contribution in [2.75, 3.05) is 25.1 Å². The number of nitrogens with two attached hydrogens (primary N) is 1. The third-order valence-corrected chi connectivity index (χ3v) is 7.86. The largest absolute Gasteiger partial charge is 0.507 e. The number of aliphatic hydroxyl groups is 3. The normalized spacial score (nSPS) is 32.7. The molecule has 2 unspecified atom stereocenters. The molecular weight excluding hydrogens is 482 g/mol. The van der Waals surface area contributed by atoms with Crippen LogP contribution in [0.4, 0.5) is 5.69 Å². The highest BCUT2D eigenvalue weighted by Crippen LogP contribution is 2.53. The lowest BCUT2D eigenvalue weighted by Gasteiger charge is -2.53. The van der Waals surface area contributed by atoms with E-state index in [-0.39, 0.29) is 35.2 Å². The molecule has 2 saturated carbocycles. The van der Waals surface area contributed by atoms with Gasteiger partial charge in [-0.15, -0.1) is 0 Å². The summed E-state index contributed by atoms with van der Waals surface area (Å²) >= 11 is 0. The smallest absolute Gasteiger partial charge is 0.230 e. The summed E-state index contributed by atoms with van der Waals surface area (Å²) in [6, 6.07) is 1.45. The summed E-state index contributed by atoms with van der Waals surface area (Å²) < 4.78 is 26.0. The van der Waals surface area contributed by atoms with Gasteiger partial charge in [0.1, 0.15) is 17.4 Å². The van der Waals surface area contributed by atoms with Crippen molar-refractivity contribution in [2.24, 2.45) is 23.5 Å². The highest BCUT2D eigenvalue weighted by Gasteiger charge is 2.67. The Morgan fingerprint density at radius 2 is 1.86 bits per heavy atom. The predicted octanol–water partition coefficient (Wildman–Crippen LogP) is -1.50. The number of nitrogens with one attached hydrogen (secondary N) is 1. The third-order valence-electron chi connectivity index (χ3n) is 7.27. The first-order chi connectivity index (χ1) is 16.1. The topological polar surface area (TPSA) is 208 Å². The number of aliphatic hydroxyl groups excluding tert-OH is 2. The van der Waals surface area contributed by atoms with Gasteiger partial charge in [-0.25, -0.2) is 8.42 Å². The van der Waals surface area contributed by atoms with Crippen LogP contribution in [0, 0.1) is 17.8 Å². The Balaban J connectivity index is 1.93. The van der Waals surface area contributed by atoms with E-state index in [1.807, 2.05) is 0 Å². The minimum atomic E-state index is -3.72. The van der Waals surface area contributed by atoms with Gasteiger partial charge in [0, 0.05) is 17.5 Å². The third kappa shape index (κ3) is 3.61. The SMILES string of the molecule is CN(C)[C@H]1C(O)C(C(N)=O)C(=O)[C@]2(O)C(=O)C3=C(O)c4c(O)ccc(NS(C)(=O)=O)c4C[C@@H]3C[C@H]12. The van der Waals surface area contributed by atoms with E-state index in [4.69, 9.17) is 5.73 Å². The molecule has 190 valence electrons. The van der Waals surface area contributed by atoms with Gasteiger partial charge in [-0.05, 0) is 50.6 Å². The zero-order chi connectivity index (χ0) is 26.2. The van der Waals surface area contributed by atoms with Gasteiger partial charge in [0.2, 0.25) is 21.7 Å². The Bertz CT molecular complexity index is 1290. The molecule has 3 aliphatic rings. The van der Waals surface area contributed by atoms with Gasteiger partial charge in [-0.3, -0.25) is 19.1 Å². The Morgan fingerprint density at radius 1 is 1.23 bits per heavy atom. The fourth-order valence-corrected chi connectivity index (χ4v) is 6.49. The lowest BCUT2D eigenvalue weighted by Crippen LogP contribution is -2.73. The number of sulfonamides is 1. The summed E-state index contributed by atoms with van der Waals surface area (Å²) in [6.45, 7) is 0. The van der Waals surface area contributed by atoms with Gasteiger partial charge < -0.3 is 31.1 Å². The molecule has 0 radical (unpaired) electrons. The predicted molar refractivity (Wildman–Crippen MR) is 123 cm³/mol. The number of primary amides is 1. The van der Waals surface area contributed by atoms with E-state index in [1.54, 1.807) is 14.1 Å². The number of anilines is 1. The van der Waals surface area contributed by atoms with E-state index in [0.717, 1.165) is 12.3 Å². The van der Waals surface area contributed by atoms with Crippen LogP contribution in [0.5, 0.6) is 5.75 Å².